The van der Waals surface area contributed by atoms with Crippen LogP contribution in [0.25, 0.3) is 22.0 Å². The molecule has 1 amide bonds. The van der Waals surface area contributed by atoms with Crippen LogP contribution in [0, 0.1) is 0 Å². The summed E-state index contributed by atoms with van der Waals surface area (Å²) in [6.45, 7) is 2.39. The van der Waals surface area contributed by atoms with Gasteiger partial charge >= 0.3 is 0 Å². The zero-order valence-corrected chi connectivity index (χ0v) is 21.7. The third-order valence-corrected chi connectivity index (χ3v) is 6.95. The van der Waals surface area contributed by atoms with Gasteiger partial charge < -0.3 is 9.47 Å². The Labute approximate surface area is 224 Å². The van der Waals surface area contributed by atoms with Gasteiger partial charge in [0, 0.05) is 11.1 Å². The van der Waals surface area contributed by atoms with Crippen LogP contribution in [0.3, 0.4) is 0 Å². The van der Waals surface area contributed by atoms with Gasteiger partial charge in [0.1, 0.15) is 5.75 Å². The van der Waals surface area contributed by atoms with E-state index in [1.165, 1.54) is 11.8 Å². The van der Waals surface area contributed by atoms with Gasteiger partial charge in [-0.15, -0.1) is 10.2 Å². The molecule has 0 saturated carbocycles. The molecule has 38 heavy (non-hydrogen) atoms. The highest BCUT2D eigenvalue weighted by atomic mass is 32.2. The number of ether oxygens (including phenoxy) is 2. The minimum atomic E-state index is -0.899. The highest BCUT2D eigenvalue weighted by Gasteiger charge is 2.38. The number of anilines is 1. The van der Waals surface area contributed by atoms with Gasteiger partial charge in [-0.3, -0.25) is 9.69 Å². The molecule has 0 unspecified atom stereocenters. The number of carbonyl (C=O) groups excluding carboxylic acids is 1. The van der Waals surface area contributed by atoms with Crippen molar-refractivity contribution in [1.82, 2.24) is 15.2 Å². The van der Waals surface area contributed by atoms with Crippen molar-refractivity contribution in [3.63, 3.8) is 0 Å². The summed E-state index contributed by atoms with van der Waals surface area (Å²) in [5, 5.41) is 11.1. The average Bonchev–Trinajstić information content (AvgIpc) is 3.11. The van der Waals surface area contributed by atoms with Crippen LogP contribution in [-0.4, -0.2) is 34.0 Å². The van der Waals surface area contributed by atoms with Crippen molar-refractivity contribution in [2.45, 2.75) is 18.3 Å². The highest BCUT2D eigenvalue weighted by molar-refractivity contribution is 7.98. The van der Waals surface area contributed by atoms with E-state index in [2.05, 4.69) is 15.2 Å². The zero-order chi connectivity index (χ0) is 26.1. The molecule has 1 aromatic heterocycles. The molecule has 1 atom stereocenters. The molecule has 8 heteroatoms. The molecule has 0 aliphatic carbocycles. The Hall–Kier alpha value is -4.43. The molecule has 7 nitrogen and oxygen atoms in total. The first-order valence-corrected chi connectivity index (χ1v) is 13.5. The van der Waals surface area contributed by atoms with Gasteiger partial charge in [0.2, 0.25) is 17.3 Å². The fourth-order valence-corrected chi connectivity index (χ4v) is 5.04. The van der Waals surface area contributed by atoms with Crippen molar-refractivity contribution in [3.8, 4) is 22.9 Å². The number of rotatable bonds is 5. The molecular formula is C30H24N4O3S. The van der Waals surface area contributed by atoms with E-state index in [0.717, 1.165) is 16.3 Å². The smallest absolute Gasteiger partial charge is 0.261 e. The standard InChI is InChI=1S/C30H24N4O3S/c1-3-36-24-18-17-19-11-7-8-14-21(19)25(24)29-34(28(35)20-12-5-4-6-13-20)23-16-10-9-15-22(23)26-27(37-29)31-30(38-2)33-32-26/h4-18,29H,3H2,1-2H3/t29-/m1/s1. The molecule has 6 rings (SSSR count). The minimum Gasteiger partial charge on any atom is -0.493 e. The molecule has 0 spiro atoms. The van der Waals surface area contributed by atoms with Crippen molar-refractivity contribution in [3.05, 3.63) is 102 Å². The first-order valence-electron chi connectivity index (χ1n) is 12.3. The van der Waals surface area contributed by atoms with E-state index in [1.807, 2.05) is 92.0 Å². The van der Waals surface area contributed by atoms with Crippen LogP contribution in [0.5, 0.6) is 11.6 Å². The number of benzene rings is 4. The lowest BCUT2D eigenvalue weighted by Crippen LogP contribution is -2.38. The van der Waals surface area contributed by atoms with Crippen LogP contribution in [0.2, 0.25) is 0 Å². The number of para-hydroxylation sites is 1. The Balaban J connectivity index is 1.68. The lowest BCUT2D eigenvalue weighted by atomic mass is 10.00. The molecule has 2 heterocycles. The average molecular weight is 521 g/mol. The lowest BCUT2D eigenvalue weighted by Gasteiger charge is -2.32. The molecule has 1 aliphatic heterocycles. The maximum atomic E-state index is 14.3. The summed E-state index contributed by atoms with van der Waals surface area (Å²) in [4.78, 5) is 20.7. The van der Waals surface area contributed by atoms with E-state index in [-0.39, 0.29) is 5.91 Å². The normalized spacial score (nSPS) is 14.3. The maximum absolute atomic E-state index is 14.3. The molecule has 4 aromatic carbocycles. The molecule has 0 bridgehead atoms. The summed E-state index contributed by atoms with van der Waals surface area (Å²) >= 11 is 1.37. The predicted molar refractivity (Wildman–Crippen MR) is 149 cm³/mol. The van der Waals surface area contributed by atoms with Gasteiger partial charge in [-0.1, -0.05) is 78.5 Å². The highest BCUT2D eigenvalue weighted by Crippen LogP contribution is 2.47. The third kappa shape index (κ3) is 4.13. The Kier molecular flexibility index (Phi) is 6.39. The van der Waals surface area contributed by atoms with Gasteiger partial charge in [-0.25, -0.2) is 0 Å². The number of hydrogen-bond acceptors (Lipinski definition) is 7. The van der Waals surface area contributed by atoms with Crippen molar-refractivity contribution in [1.29, 1.82) is 0 Å². The fraction of sp³-hybridized carbons (Fsp3) is 0.133. The van der Waals surface area contributed by atoms with E-state index in [1.54, 1.807) is 17.0 Å². The fourth-order valence-electron chi connectivity index (χ4n) is 4.74. The molecule has 1 aliphatic rings. The largest absolute Gasteiger partial charge is 0.493 e. The first-order chi connectivity index (χ1) is 18.7. The molecule has 0 N–H and O–H groups in total. The van der Waals surface area contributed by atoms with Crippen LogP contribution in [-0.2, 0) is 0 Å². The quantitative estimate of drug-likeness (QED) is 0.243. The molecule has 0 saturated heterocycles. The number of carbonyl (C=O) groups is 1. The van der Waals surface area contributed by atoms with Crippen LogP contribution in [0.4, 0.5) is 5.69 Å². The number of nitrogens with zero attached hydrogens (tertiary/aromatic N) is 4. The number of aromatic nitrogens is 3. The van der Waals surface area contributed by atoms with Crippen molar-refractivity contribution in [2.75, 3.05) is 17.8 Å². The number of hydrogen-bond donors (Lipinski definition) is 0. The summed E-state index contributed by atoms with van der Waals surface area (Å²) in [6, 6.07) is 28.8. The molecular weight excluding hydrogens is 496 g/mol. The Bertz CT molecular complexity index is 1640. The third-order valence-electron chi connectivity index (χ3n) is 6.41. The summed E-state index contributed by atoms with van der Waals surface area (Å²) in [5.74, 6) is 0.722. The van der Waals surface area contributed by atoms with Gasteiger partial charge in [0.15, 0.2) is 5.69 Å². The number of fused-ring (bicyclic) bond motifs is 4. The Morgan fingerprint density at radius 2 is 1.71 bits per heavy atom. The van der Waals surface area contributed by atoms with E-state index in [0.29, 0.717) is 45.9 Å². The Morgan fingerprint density at radius 1 is 0.947 bits per heavy atom. The van der Waals surface area contributed by atoms with Crippen LogP contribution < -0.4 is 14.4 Å². The SMILES string of the molecule is CCOc1ccc2ccccc2c1[C@H]1Oc2nc(SC)nnc2-c2ccccc2N1C(=O)c1ccccc1. The monoisotopic (exact) mass is 520 g/mol. The summed E-state index contributed by atoms with van der Waals surface area (Å²) in [7, 11) is 0. The van der Waals surface area contributed by atoms with Crippen molar-refractivity contribution < 1.29 is 14.3 Å². The zero-order valence-electron chi connectivity index (χ0n) is 20.9. The summed E-state index contributed by atoms with van der Waals surface area (Å²) < 4.78 is 12.8. The summed E-state index contributed by atoms with van der Waals surface area (Å²) in [6.07, 6.45) is 0.985. The predicted octanol–water partition coefficient (Wildman–Crippen LogP) is 6.55. The number of amides is 1. The van der Waals surface area contributed by atoms with E-state index >= 15 is 0 Å². The minimum absolute atomic E-state index is 0.218. The number of thioether (sulfide) groups is 1. The second-order valence-electron chi connectivity index (χ2n) is 8.61. The van der Waals surface area contributed by atoms with E-state index in [9.17, 15) is 4.79 Å². The van der Waals surface area contributed by atoms with Crippen molar-refractivity contribution in [2.24, 2.45) is 0 Å². The molecule has 0 radical (unpaired) electrons. The molecule has 188 valence electrons. The van der Waals surface area contributed by atoms with Crippen LogP contribution >= 0.6 is 11.8 Å². The topological polar surface area (TPSA) is 77.4 Å². The second-order valence-corrected chi connectivity index (χ2v) is 9.39. The van der Waals surface area contributed by atoms with Gasteiger partial charge in [-0.2, -0.15) is 4.98 Å². The maximum Gasteiger partial charge on any atom is 0.261 e. The van der Waals surface area contributed by atoms with Crippen LogP contribution in [0.1, 0.15) is 29.1 Å². The van der Waals surface area contributed by atoms with E-state index < -0.39 is 6.23 Å². The molecule has 5 aromatic rings. The molecule has 0 fully saturated rings. The first kappa shape index (κ1) is 23.9. The van der Waals surface area contributed by atoms with E-state index in [4.69, 9.17) is 9.47 Å². The second kappa shape index (κ2) is 10.1. The van der Waals surface area contributed by atoms with Crippen molar-refractivity contribution >= 4 is 34.1 Å². The Morgan fingerprint density at radius 3 is 2.53 bits per heavy atom. The lowest BCUT2D eigenvalue weighted by molar-refractivity contribution is 0.0908. The van der Waals surface area contributed by atoms with Gasteiger partial charge in [0.25, 0.3) is 5.91 Å². The van der Waals surface area contributed by atoms with Gasteiger partial charge in [-0.05, 0) is 48.2 Å². The van der Waals surface area contributed by atoms with Crippen LogP contribution in [0.15, 0.2) is 96.2 Å². The van der Waals surface area contributed by atoms with Gasteiger partial charge in [0.05, 0.1) is 17.9 Å². The summed E-state index contributed by atoms with van der Waals surface area (Å²) in [5.41, 5.74) is 3.10.